The fraction of sp³-hybridized carbons (Fsp3) is 0.483. The number of alkyl carbamates (subject to hydrolysis) is 1. The monoisotopic (exact) mass is 557 g/mol. The zero-order chi connectivity index (χ0) is 28.6. The zero-order valence-corrected chi connectivity index (χ0v) is 24.3. The van der Waals surface area contributed by atoms with Gasteiger partial charge < -0.3 is 20.3 Å². The van der Waals surface area contributed by atoms with Crippen LogP contribution in [0.25, 0.3) is 0 Å². The van der Waals surface area contributed by atoms with Crippen LogP contribution in [0.4, 0.5) is 25.8 Å². The van der Waals surface area contributed by atoms with Crippen molar-refractivity contribution in [3.05, 3.63) is 59.1 Å². The van der Waals surface area contributed by atoms with Crippen molar-refractivity contribution in [2.24, 2.45) is 0 Å². The van der Waals surface area contributed by atoms with Crippen LogP contribution >= 0.6 is 11.6 Å². The minimum absolute atomic E-state index is 0.233. The van der Waals surface area contributed by atoms with E-state index in [1.807, 2.05) is 45.0 Å². The molecule has 39 heavy (non-hydrogen) atoms. The highest BCUT2D eigenvalue weighted by Crippen LogP contribution is 2.21. The van der Waals surface area contributed by atoms with Crippen LogP contribution in [0.2, 0.25) is 5.02 Å². The van der Waals surface area contributed by atoms with Crippen LogP contribution in [0.1, 0.15) is 46.1 Å². The standard InChI is InChI=1S/C29H40ClN5O4/c1-6-35(27(37)33(5)25-13-9-22(30)10-14-25)28(38)34-19-16-24(17-20-34)32-23-11-7-21(8-12-23)15-18-31-26(36)39-29(2,3)4/h7-14,24,32H,6,15-20H2,1-5H3,(H,31,36). The van der Waals surface area contributed by atoms with E-state index >= 15 is 0 Å². The van der Waals surface area contributed by atoms with Crippen LogP contribution in [-0.2, 0) is 11.2 Å². The number of nitrogens with zero attached hydrogens (tertiary/aromatic N) is 3. The molecule has 0 aliphatic carbocycles. The third kappa shape index (κ3) is 9.06. The average molecular weight is 558 g/mol. The topological polar surface area (TPSA) is 94.2 Å². The molecule has 0 spiro atoms. The van der Waals surface area contributed by atoms with Crippen LogP contribution < -0.4 is 15.5 Å². The number of likely N-dealkylation sites (tertiary alicyclic amines) is 1. The second kappa shape index (κ2) is 13.6. The minimum atomic E-state index is -0.512. The van der Waals surface area contributed by atoms with Gasteiger partial charge in [-0.3, -0.25) is 4.90 Å². The van der Waals surface area contributed by atoms with Crippen molar-refractivity contribution in [1.82, 2.24) is 15.1 Å². The molecule has 1 aliphatic rings. The number of hydrogen-bond donors (Lipinski definition) is 2. The van der Waals surface area contributed by atoms with Gasteiger partial charge in [0, 0.05) is 55.7 Å². The van der Waals surface area contributed by atoms with Gasteiger partial charge >= 0.3 is 18.2 Å². The van der Waals surface area contributed by atoms with Crippen LogP contribution in [0.3, 0.4) is 0 Å². The average Bonchev–Trinajstić information content (AvgIpc) is 2.89. The maximum Gasteiger partial charge on any atom is 0.407 e. The Morgan fingerprint density at radius 3 is 2.21 bits per heavy atom. The molecule has 5 amide bonds. The summed E-state index contributed by atoms with van der Waals surface area (Å²) in [5, 5.41) is 6.91. The normalized spacial score (nSPS) is 13.9. The molecule has 9 nitrogen and oxygen atoms in total. The molecule has 1 saturated heterocycles. The number of benzene rings is 2. The summed E-state index contributed by atoms with van der Waals surface area (Å²) in [6, 6.07) is 14.7. The Morgan fingerprint density at radius 2 is 1.64 bits per heavy atom. The molecular formula is C29H40ClN5O4. The molecule has 1 aliphatic heterocycles. The molecule has 2 aromatic rings. The molecule has 10 heteroatoms. The second-order valence-electron chi connectivity index (χ2n) is 10.6. The highest BCUT2D eigenvalue weighted by atomic mass is 35.5. The Labute approximate surface area is 236 Å². The number of carbonyl (C=O) groups excluding carboxylic acids is 3. The summed E-state index contributed by atoms with van der Waals surface area (Å²) in [7, 11) is 1.65. The highest BCUT2D eigenvalue weighted by molar-refractivity contribution is 6.30. The lowest BCUT2D eigenvalue weighted by Gasteiger charge is -2.36. The lowest BCUT2D eigenvalue weighted by Crippen LogP contribution is -2.53. The first-order valence-electron chi connectivity index (χ1n) is 13.4. The lowest BCUT2D eigenvalue weighted by atomic mass is 10.0. The molecular weight excluding hydrogens is 518 g/mol. The molecule has 1 heterocycles. The van der Waals surface area contributed by atoms with Crippen molar-refractivity contribution < 1.29 is 19.1 Å². The summed E-state index contributed by atoms with van der Waals surface area (Å²) in [6.07, 6.45) is 1.86. The number of amides is 5. The number of piperidine rings is 1. The van der Waals surface area contributed by atoms with E-state index in [0.717, 1.165) is 24.1 Å². The highest BCUT2D eigenvalue weighted by Gasteiger charge is 2.30. The maximum atomic E-state index is 13.2. The summed E-state index contributed by atoms with van der Waals surface area (Å²) in [5.41, 5.74) is 2.29. The number of hydrogen-bond acceptors (Lipinski definition) is 5. The van der Waals surface area contributed by atoms with Crippen molar-refractivity contribution in [2.45, 2.75) is 58.6 Å². The number of nitrogens with one attached hydrogen (secondary N) is 2. The zero-order valence-electron chi connectivity index (χ0n) is 23.5. The molecule has 0 atom stereocenters. The smallest absolute Gasteiger partial charge is 0.407 e. The van der Waals surface area contributed by atoms with Crippen LogP contribution in [0, 0.1) is 0 Å². The van der Waals surface area contributed by atoms with Gasteiger partial charge in [-0.05, 0) is 88.9 Å². The van der Waals surface area contributed by atoms with E-state index in [9.17, 15) is 14.4 Å². The van der Waals surface area contributed by atoms with Gasteiger partial charge in [0.15, 0.2) is 0 Å². The van der Waals surface area contributed by atoms with Gasteiger partial charge in [-0.25, -0.2) is 19.3 Å². The fourth-order valence-corrected chi connectivity index (χ4v) is 4.45. The largest absolute Gasteiger partial charge is 0.444 e. The SMILES string of the molecule is CCN(C(=O)N1CCC(Nc2ccc(CCNC(=O)OC(C)(C)C)cc2)CC1)C(=O)N(C)c1ccc(Cl)cc1. The van der Waals surface area contributed by atoms with E-state index in [1.54, 1.807) is 43.1 Å². The van der Waals surface area contributed by atoms with Crippen molar-refractivity contribution >= 4 is 41.1 Å². The number of imide groups is 1. The van der Waals surface area contributed by atoms with Crippen molar-refractivity contribution in [3.8, 4) is 0 Å². The molecule has 1 fully saturated rings. The summed E-state index contributed by atoms with van der Waals surface area (Å²) in [6.45, 7) is 9.24. The fourth-order valence-electron chi connectivity index (χ4n) is 4.32. The van der Waals surface area contributed by atoms with Crippen molar-refractivity contribution in [2.75, 3.05) is 43.4 Å². The molecule has 0 aromatic heterocycles. The molecule has 212 valence electrons. The van der Waals surface area contributed by atoms with Gasteiger partial charge in [0.05, 0.1) is 0 Å². The molecule has 3 rings (SSSR count). The molecule has 2 N–H and O–H groups in total. The van der Waals surface area contributed by atoms with Crippen molar-refractivity contribution in [1.29, 1.82) is 0 Å². The lowest BCUT2D eigenvalue weighted by molar-refractivity contribution is 0.0528. The van der Waals surface area contributed by atoms with Crippen molar-refractivity contribution in [3.63, 3.8) is 0 Å². The van der Waals surface area contributed by atoms with Gasteiger partial charge in [0.25, 0.3) is 0 Å². The summed E-state index contributed by atoms with van der Waals surface area (Å²) in [5.74, 6) is 0. The summed E-state index contributed by atoms with van der Waals surface area (Å²) < 4.78 is 5.25. The summed E-state index contributed by atoms with van der Waals surface area (Å²) in [4.78, 5) is 42.5. The Morgan fingerprint density at radius 1 is 1.03 bits per heavy atom. The number of rotatable bonds is 7. The molecule has 0 saturated carbocycles. The van der Waals surface area contributed by atoms with Gasteiger partial charge in [0.1, 0.15) is 5.60 Å². The van der Waals surface area contributed by atoms with Gasteiger partial charge in [0.2, 0.25) is 0 Å². The number of anilines is 2. The van der Waals surface area contributed by atoms with Gasteiger partial charge in [-0.1, -0.05) is 23.7 Å². The van der Waals surface area contributed by atoms with Crippen LogP contribution in [-0.4, -0.2) is 72.8 Å². The van der Waals surface area contributed by atoms with E-state index < -0.39 is 11.7 Å². The van der Waals surface area contributed by atoms with Crippen LogP contribution in [0.15, 0.2) is 48.5 Å². The predicted octanol–water partition coefficient (Wildman–Crippen LogP) is 5.98. The first-order valence-corrected chi connectivity index (χ1v) is 13.8. The second-order valence-corrected chi connectivity index (χ2v) is 11.1. The Kier molecular flexibility index (Phi) is 10.5. The van der Waals surface area contributed by atoms with E-state index in [-0.39, 0.29) is 24.6 Å². The third-order valence-electron chi connectivity index (χ3n) is 6.45. The molecule has 0 unspecified atom stereocenters. The van der Waals surface area contributed by atoms with Crippen LogP contribution in [0.5, 0.6) is 0 Å². The van der Waals surface area contributed by atoms with E-state index in [2.05, 4.69) is 10.6 Å². The number of urea groups is 2. The first-order chi connectivity index (χ1) is 18.5. The summed E-state index contributed by atoms with van der Waals surface area (Å²) >= 11 is 5.96. The Bertz CT molecular complexity index is 1110. The van der Waals surface area contributed by atoms with E-state index in [1.165, 1.54) is 9.80 Å². The molecule has 0 radical (unpaired) electrons. The van der Waals surface area contributed by atoms with Gasteiger partial charge in [-0.15, -0.1) is 0 Å². The maximum absolute atomic E-state index is 13.2. The Hall–Kier alpha value is -3.46. The van der Waals surface area contributed by atoms with E-state index in [0.29, 0.717) is 36.8 Å². The number of carbonyl (C=O) groups is 3. The number of halogens is 1. The molecule has 0 bridgehead atoms. The van der Waals surface area contributed by atoms with Gasteiger partial charge in [-0.2, -0.15) is 0 Å². The first kappa shape index (κ1) is 30.1. The quantitative estimate of drug-likeness (QED) is 0.436. The third-order valence-corrected chi connectivity index (χ3v) is 6.70. The minimum Gasteiger partial charge on any atom is -0.444 e. The predicted molar refractivity (Wildman–Crippen MR) is 156 cm³/mol. The van der Waals surface area contributed by atoms with E-state index in [4.69, 9.17) is 16.3 Å². The Balaban J connectivity index is 1.45. The molecule has 2 aromatic carbocycles. The number of ether oxygens (including phenoxy) is 1.